The fraction of sp³-hybridized carbons (Fsp3) is 0.222. The number of hydrogen-bond acceptors (Lipinski definition) is 6. The number of Topliss-reactive ketones (excluding diaryl/α,β-unsaturated/α-hetero) is 1. The number of hydrogen-bond donors (Lipinski definition) is 0. The largest absolute Gasteiger partial charge is 0.497 e. The van der Waals surface area contributed by atoms with E-state index < -0.39 is 0 Å². The van der Waals surface area contributed by atoms with Crippen LogP contribution in [0.5, 0.6) is 23.0 Å². The maximum absolute atomic E-state index is 13.1. The zero-order valence-electron chi connectivity index (χ0n) is 19.0. The molecule has 174 valence electrons. The third kappa shape index (κ3) is 4.34. The number of rotatable bonds is 6. The summed E-state index contributed by atoms with van der Waals surface area (Å²) in [7, 11) is 3.18. The molecule has 0 aromatic heterocycles. The molecule has 0 aliphatic carbocycles. The van der Waals surface area contributed by atoms with Crippen LogP contribution in [-0.2, 0) is 13.0 Å². The van der Waals surface area contributed by atoms with E-state index in [1.165, 1.54) is 5.56 Å². The van der Waals surface area contributed by atoms with E-state index in [0.717, 1.165) is 29.3 Å². The Kier molecular flexibility index (Phi) is 6.18. The molecule has 3 aromatic carbocycles. The number of nitrogens with zero attached hydrogens (tertiary/aromatic N) is 1. The second-order valence-electron chi connectivity index (χ2n) is 8.17. The lowest BCUT2D eigenvalue weighted by Gasteiger charge is -2.29. The Bertz CT molecular complexity index is 1270. The van der Waals surface area contributed by atoms with Gasteiger partial charge in [0, 0.05) is 23.7 Å². The predicted octanol–water partition coefficient (Wildman–Crippen LogP) is 5.37. The maximum Gasteiger partial charge on any atom is 0.231 e. The van der Waals surface area contributed by atoms with Gasteiger partial charge in [-0.1, -0.05) is 23.7 Å². The first-order valence-electron chi connectivity index (χ1n) is 11.0. The Morgan fingerprint density at radius 3 is 2.65 bits per heavy atom. The molecule has 0 unspecified atom stereocenters. The zero-order chi connectivity index (χ0) is 23.7. The van der Waals surface area contributed by atoms with Gasteiger partial charge >= 0.3 is 0 Å². The smallest absolute Gasteiger partial charge is 0.231 e. The number of ether oxygens (including phenoxy) is 4. The second kappa shape index (κ2) is 9.41. The molecule has 2 aliphatic heterocycles. The molecule has 0 fully saturated rings. The molecule has 0 amide bonds. The molecule has 34 heavy (non-hydrogen) atoms. The lowest BCUT2D eigenvalue weighted by Crippen LogP contribution is -2.33. The van der Waals surface area contributed by atoms with Crippen molar-refractivity contribution in [3.8, 4) is 23.0 Å². The highest BCUT2D eigenvalue weighted by molar-refractivity contribution is 6.30. The van der Waals surface area contributed by atoms with Gasteiger partial charge in [-0.2, -0.15) is 0 Å². The molecule has 3 aromatic rings. The minimum absolute atomic E-state index is 0.166. The van der Waals surface area contributed by atoms with Crippen molar-refractivity contribution in [1.82, 2.24) is 4.90 Å². The standard InChI is InChI=1S/C27H24ClNO5/c1-31-20-7-9-23(32-2)18(13-20)14-25-26(30)21-8-10-24-22(27(21)34-25)15-29(16-33-24)12-11-17-3-5-19(28)6-4-17/h3-10,13-14H,11-12,15-16H2,1-2H3/b25-14-. The molecule has 7 heteroatoms. The summed E-state index contributed by atoms with van der Waals surface area (Å²) >= 11 is 5.99. The van der Waals surface area contributed by atoms with Gasteiger partial charge in [-0.25, -0.2) is 0 Å². The normalized spacial score (nSPS) is 16.0. The van der Waals surface area contributed by atoms with E-state index >= 15 is 0 Å². The van der Waals surface area contributed by atoms with Gasteiger partial charge in [0.2, 0.25) is 5.78 Å². The highest BCUT2D eigenvalue weighted by atomic mass is 35.5. The van der Waals surface area contributed by atoms with Crippen molar-refractivity contribution in [2.24, 2.45) is 0 Å². The van der Waals surface area contributed by atoms with E-state index in [4.69, 9.17) is 30.5 Å². The van der Waals surface area contributed by atoms with Gasteiger partial charge in [-0.3, -0.25) is 9.69 Å². The number of methoxy groups -OCH3 is 2. The monoisotopic (exact) mass is 477 g/mol. The first-order chi connectivity index (χ1) is 16.6. The molecule has 5 rings (SSSR count). The fourth-order valence-corrected chi connectivity index (χ4v) is 4.31. The number of carbonyl (C=O) groups excluding carboxylic acids is 1. The molecule has 2 aliphatic rings. The van der Waals surface area contributed by atoms with Gasteiger partial charge in [0.25, 0.3) is 0 Å². The lowest BCUT2D eigenvalue weighted by molar-refractivity contribution is 0.0950. The Balaban J connectivity index is 1.38. The summed E-state index contributed by atoms with van der Waals surface area (Å²) in [6.45, 7) is 1.93. The summed E-state index contributed by atoms with van der Waals surface area (Å²) in [5.41, 5.74) is 3.33. The third-order valence-corrected chi connectivity index (χ3v) is 6.29. The van der Waals surface area contributed by atoms with Crippen molar-refractivity contribution < 1.29 is 23.7 Å². The van der Waals surface area contributed by atoms with Gasteiger partial charge in [-0.05, 0) is 60.5 Å². The lowest BCUT2D eigenvalue weighted by atomic mass is 10.0. The molecule has 0 bridgehead atoms. The van der Waals surface area contributed by atoms with Gasteiger partial charge in [0.15, 0.2) is 5.76 Å². The highest BCUT2D eigenvalue weighted by Crippen LogP contribution is 2.42. The van der Waals surface area contributed by atoms with Crippen LogP contribution in [0.2, 0.25) is 5.02 Å². The van der Waals surface area contributed by atoms with E-state index in [0.29, 0.717) is 41.7 Å². The van der Waals surface area contributed by atoms with Crippen LogP contribution in [0.25, 0.3) is 6.08 Å². The Morgan fingerprint density at radius 1 is 1.06 bits per heavy atom. The quantitative estimate of drug-likeness (QED) is 0.445. The maximum atomic E-state index is 13.1. The van der Waals surface area contributed by atoms with Crippen LogP contribution in [0.4, 0.5) is 0 Å². The molecule has 0 atom stereocenters. The SMILES string of the molecule is COc1ccc(OC)c(/C=C2\Oc3c(ccc4c3CN(CCc3ccc(Cl)cc3)CO4)C2=O)c1. The predicted molar refractivity (Wildman–Crippen MR) is 130 cm³/mol. The minimum atomic E-state index is -0.166. The molecule has 6 nitrogen and oxygen atoms in total. The molecule has 0 saturated carbocycles. The number of carbonyl (C=O) groups is 1. The molecule has 0 radical (unpaired) electrons. The Morgan fingerprint density at radius 2 is 1.88 bits per heavy atom. The van der Waals surface area contributed by atoms with Crippen LogP contribution in [0.3, 0.4) is 0 Å². The van der Waals surface area contributed by atoms with Crippen molar-refractivity contribution in [2.75, 3.05) is 27.5 Å². The van der Waals surface area contributed by atoms with Crippen LogP contribution in [0.1, 0.15) is 27.0 Å². The van der Waals surface area contributed by atoms with E-state index in [1.807, 2.05) is 36.4 Å². The van der Waals surface area contributed by atoms with Crippen molar-refractivity contribution in [2.45, 2.75) is 13.0 Å². The summed E-state index contributed by atoms with van der Waals surface area (Å²) in [5.74, 6) is 2.67. The summed E-state index contributed by atoms with van der Waals surface area (Å²) < 4.78 is 22.9. The number of halogens is 1. The molecule has 0 saturated heterocycles. The zero-order valence-corrected chi connectivity index (χ0v) is 19.7. The van der Waals surface area contributed by atoms with Gasteiger partial charge < -0.3 is 18.9 Å². The summed E-state index contributed by atoms with van der Waals surface area (Å²) in [6.07, 6.45) is 2.56. The van der Waals surface area contributed by atoms with Crippen molar-refractivity contribution in [1.29, 1.82) is 0 Å². The number of benzene rings is 3. The average molecular weight is 478 g/mol. The molecular weight excluding hydrogens is 454 g/mol. The molecule has 2 heterocycles. The van der Waals surface area contributed by atoms with E-state index in [2.05, 4.69) is 4.90 Å². The first kappa shape index (κ1) is 22.3. The summed E-state index contributed by atoms with van der Waals surface area (Å²) in [6, 6.07) is 16.9. The Hall–Kier alpha value is -3.48. The van der Waals surface area contributed by atoms with Crippen LogP contribution in [-0.4, -0.2) is 38.2 Å². The van der Waals surface area contributed by atoms with Crippen molar-refractivity contribution >= 4 is 23.5 Å². The van der Waals surface area contributed by atoms with Gasteiger partial charge in [-0.15, -0.1) is 0 Å². The van der Waals surface area contributed by atoms with E-state index in [1.54, 1.807) is 38.5 Å². The molecule has 0 spiro atoms. The van der Waals surface area contributed by atoms with Crippen LogP contribution >= 0.6 is 11.6 Å². The van der Waals surface area contributed by atoms with Crippen LogP contribution in [0.15, 0.2) is 60.4 Å². The molecular formula is C27H24ClNO5. The number of allylic oxidation sites excluding steroid dienone is 1. The third-order valence-electron chi connectivity index (χ3n) is 6.04. The highest BCUT2D eigenvalue weighted by Gasteiger charge is 2.33. The fourth-order valence-electron chi connectivity index (χ4n) is 4.18. The van der Waals surface area contributed by atoms with E-state index in [-0.39, 0.29) is 11.5 Å². The Labute approximate surface area is 203 Å². The minimum Gasteiger partial charge on any atom is -0.497 e. The topological polar surface area (TPSA) is 57.2 Å². The van der Waals surface area contributed by atoms with Crippen LogP contribution < -0.4 is 18.9 Å². The number of fused-ring (bicyclic) bond motifs is 3. The van der Waals surface area contributed by atoms with Crippen LogP contribution in [0, 0.1) is 0 Å². The van der Waals surface area contributed by atoms with E-state index in [9.17, 15) is 4.79 Å². The molecule has 0 N–H and O–H groups in total. The average Bonchev–Trinajstić information content (AvgIpc) is 3.19. The summed E-state index contributed by atoms with van der Waals surface area (Å²) in [5, 5.41) is 0.729. The second-order valence-corrected chi connectivity index (χ2v) is 8.61. The van der Waals surface area contributed by atoms with Gasteiger partial charge in [0.05, 0.1) is 25.3 Å². The summed E-state index contributed by atoms with van der Waals surface area (Å²) in [4.78, 5) is 15.3. The first-order valence-corrected chi connectivity index (χ1v) is 11.4. The van der Waals surface area contributed by atoms with Crippen molar-refractivity contribution in [3.63, 3.8) is 0 Å². The number of ketones is 1. The van der Waals surface area contributed by atoms with Gasteiger partial charge in [0.1, 0.15) is 29.7 Å². The van der Waals surface area contributed by atoms with Crippen molar-refractivity contribution in [3.05, 3.63) is 87.6 Å².